The Kier molecular flexibility index (Phi) is 4.86. The number of aromatic amines is 1. The maximum Gasteiger partial charge on any atom is 0.410 e. The Labute approximate surface area is 157 Å². The largest absolute Gasteiger partial charge is 0.444 e. The number of benzene rings is 1. The fraction of sp³-hybridized carbons (Fsp3) is 0.368. The number of carbonyl (C=O) groups is 2. The van der Waals surface area contributed by atoms with Crippen molar-refractivity contribution in [3.05, 3.63) is 46.8 Å². The predicted molar refractivity (Wildman–Crippen MR) is 98.0 cm³/mol. The van der Waals surface area contributed by atoms with Gasteiger partial charge in [0.25, 0.3) is 5.91 Å². The van der Waals surface area contributed by atoms with Crippen LogP contribution in [0.1, 0.15) is 48.1 Å². The Morgan fingerprint density at radius 2 is 2.07 bits per heavy atom. The Bertz CT molecular complexity index is 920. The van der Waals surface area contributed by atoms with Crippen LogP contribution in [0.5, 0.6) is 0 Å². The van der Waals surface area contributed by atoms with Crippen molar-refractivity contribution in [1.29, 1.82) is 5.26 Å². The third-order valence-electron chi connectivity index (χ3n) is 4.10. The summed E-state index contributed by atoms with van der Waals surface area (Å²) in [5.41, 5.74) is 2.03. The summed E-state index contributed by atoms with van der Waals surface area (Å²) in [6.07, 6.45) is 0.102. The van der Waals surface area contributed by atoms with Crippen LogP contribution in [-0.2, 0) is 17.7 Å². The fourth-order valence-electron chi connectivity index (χ4n) is 2.86. The summed E-state index contributed by atoms with van der Waals surface area (Å²) < 4.78 is 5.39. The summed E-state index contributed by atoms with van der Waals surface area (Å²) in [4.78, 5) is 26.4. The zero-order valence-electron chi connectivity index (χ0n) is 15.5. The lowest BCUT2D eigenvalue weighted by molar-refractivity contribution is 0.0221. The van der Waals surface area contributed by atoms with E-state index in [1.54, 1.807) is 29.2 Å². The predicted octanol–water partition coefficient (Wildman–Crippen LogP) is 2.83. The molecule has 0 saturated carbocycles. The zero-order chi connectivity index (χ0) is 19.6. The number of nitriles is 1. The fourth-order valence-corrected chi connectivity index (χ4v) is 2.86. The number of carbonyl (C=O) groups excluding carboxylic acids is 2. The monoisotopic (exact) mass is 367 g/mol. The Hall–Kier alpha value is -3.34. The van der Waals surface area contributed by atoms with E-state index in [9.17, 15) is 9.59 Å². The number of nitrogens with one attached hydrogen (secondary N) is 2. The van der Waals surface area contributed by atoms with Crippen LogP contribution >= 0.6 is 0 Å². The lowest BCUT2D eigenvalue weighted by Crippen LogP contribution is -2.40. The van der Waals surface area contributed by atoms with E-state index in [0.29, 0.717) is 36.5 Å². The van der Waals surface area contributed by atoms with Gasteiger partial charge < -0.3 is 15.0 Å². The molecule has 2 amide bonds. The maximum absolute atomic E-state index is 12.6. The highest BCUT2D eigenvalue weighted by atomic mass is 16.6. The van der Waals surface area contributed by atoms with Crippen LogP contribution in [0.25, 0.3) is 0 Å². The topological polar surface area (TPSA) is 111 Å². The third kappa shape index (κ3) is 4.08. The molecular weight excluding hydrogens is 346 g/mol. The first-order valence-corrected chi connectivity index (χ1v) is 8.63. The number of H-pyrrole nitrogens is 1. The van der Waals surface area contributed by atoms with Crippen molar-refractivity contribution >= 4 is 17.7 Å². The van der Waals surface area contributed by atoms with Gasteiger partial charge in [-0.3, -0.25) is 9.89 Å². The molecule has 8 heteroatoms. The van der Waals surface area contributed by atoms with E-state index in [0.717, 1.165) is 5.56 Å². The first kappa shape index (κ1) is 18.5. The molecule has 2 heterocycles. The van der Waals surface area contributed by atoms with Gasteiger partial charge in [-0.1, -0.05) is 12.1 Å². The first-order valence-electron chi connectivity index (χ1n) is 8.63. The van der Waals surface area contributed by atoms with E-state index in [1.807, 2.05) is 26.8 Å². The molecule has 0 bridgehead atoms. The summed E-state index contributed by atoms with van der Waals surface area (Å²) in [7, 11) is 0. The number of amides is 2. The lowest BCUT2D eigenvalue weighted by Gasteiger charge is -2.29. The highest BCUT2D eigenvalue weighted by molar-refractivity contribution is 6.04. The SMILES string of the molecule is CC(C)(C)OC(=O)N1CCc2c(C(=O)Nc3ccccc3C#N)n[nH]c2C1. The van der Waals surface area contributed by atoms with Crippen molar-refractivity contribution in [3.8, 4) is 6.07 Å². The van der Waals surface area contributed by atoms with Gasteiger partial charge in [-0.15, -0.1) is 0 Å². The van der Waals surface area contributed by atoms with Gasteiger partial charge in [0, 0.05) is 12.1 Å². The van der Waals surface area contributed by atoms with Gasteiger partial charge in [0.15, 0.2) is 5.69 Å². The molecule has 1 aliphatic heterocycles. The number of hydrogen-bond acceptors (Lipinski definition) is 5. The average Bonchev–Trinajstić information content (AvgIpc) is 3.04. The van der Waals surface area contributed by atoms with Crippen LogP contribution in [0.4, 0.5) is 10.5 Å². The van der Waals surface area contributed by atoms with E-state index >= 15 is 0 Å². The minimum Gasteiger partial charge on any atom is -0.444 e. The van der Waals surface area contributed by atoms with Crippen LogP contribution in [0, 0.1) is 11.3 Å². The highest BCUT2D eigenvalue weighted by Crippen LogP contribution is 2.23. The Morgan fingerprint density at radius 3 is 2.78 bits per heavy atom. The van der Waals surface area contributed by atoms with Crippen molar-refractivity contribution in [2.45, 2.75) is 39.3 Å². The van der Waals surface area contributed by atoms with Gasteiger partial charge >= 0.3 is 6.09 Å². The molecule has 0 spiro atoms. The Morgan fingerprint density at radius 1 is 1.33 bits per heavy atom. The maximum atomic E-state index is 12.6. The molecule has 0 saturated heterocycles. The van der Waals surface area contributed by atoms with Crippen LogP contribution in [0.3, 0.4) is 0 Å². The number of para-hydroxylation sites is 1. The normalized spacial score (nSPS) is 13.5. The van der Waals surface area contributed by atoms with E-state index in [2.05, 4.69) is 15.5 Å². The van der Waals surface area contributed by atoms with Crippen LogP contribution in [0.2, 0.25) is 0 Å². The van der Waals surface area contributed by atoms with Gasteiger partial charge in [0.2, 0.25) is 0 Å². The van der Waals surface area contributed by atoms with Crippen molar-refractivity contribution in [2.24, 2.45) is 0 Å². The van der Waals surface area contributed by atoms with Gasteiger partial charge in [0.05, 0.1) is 23.5 Å². The number of anilines is 1. The van der Waals surface area contributed by atoms with Gasteiger partial charge in [-0.2, -0.15) is 10.4 Å². The number of aromatic nitrogens is 2. The molecule has 3 rings (SSSR count). The van der Waals surface area contributed by atoms with Crippen molar-refractivity contribution in [2.75, 3.05) is 11.9 Å². The first-order chi connectivity index (χ1) is 12.8. The second-order valence-corrected chi connectivity index (χ2v) is 7.29. The molecule has 2 aromatic rings. The molecule has 0 radical (unpaired) electrons. The van der Waals surface area contributed by atoms with Crippen molar-refractivity contribution < 1.29 is 14.3 Å². The lowest BCUT2D eigenvalue weighted by atomic mass is 10.0. The number of ether oxygens (including phenoxy) is 1. The second-order valence-electron chi connectivity index (χ2n) is 7.29. The van der Waals surface area contributed by atoms with E-state index in [1.165, 1.54) is 0 Å². The number of hydrogen-bond donors (Lipinski definition) is 2. The minimum absolute atomic E-state index is 0.279. The zero-order valence-corrected chi connectivity index (χ0v) is 15.5. The average molecular weight is 367 g/mol. The highest BCUT2D eigenvalue weighted by Gasteiger charge is 2.30. The summed E-state index contributed by atoms with van der Waals surface area (Å²) >= 11 is 0. The molecule has 0 unspecified atom stereocenters. The van der Waals surface area contributed by atoms with Crippen molar-refractivity contribution in [1.82, 2.24) is 15.1 Å². The van der Waals surface area contributed by atoms with E-state index in [-0.39, 0.29) is 11.6 Å². The molecule has 0 fully saturated rings. The standard InChI is InChI=1S/C19H21N5O3/c1-19(2,3)27-18(26)24-9-8-13-15(11-24)22-23-16(13)17(25)21-14-7-5-4-6-12(14)10-20/h4-7H,8-9,11H2,1-3H3,(H,21,25)(H,22,23). The van der Waals surface area contributed by atoms with Crippen LogP contribution in [-0.4, -0.2) is 39.2 Å². The third-order valence-corrected chi connectivity index (χ3v) is 4.10. The molecule has 27 heavy (non-hydrogen) atoms. The number of fused-ring (bicyclic) bond motifs is 1. The number of nitrogens with zero attached hydrogens (tertiary/aromatic N) is 3. The summed E-state index contributed by atoms with van der Waals surface area (Å²) in [6.45, 7) is 6.20. The smallest absolute Gasteiger partial charge is 0.410 e. The molecule has 1 aliphatic rings. The summed E-state index contributed by atoms with van der Waals surface area (Å²) in [5, 5.41) is 18.8. The molecule has 2 N–H and O–H groups in total. The summed E-state index contributed by atoms with van der Waals surface area (Å²) in [5.74, 6) is -0.388. The van der Waals surface area contributed by atoms with Crippen LogP contribution < -0.4 is 5.32 Å². The number of rotatable bonds is 2. The molecular formula is C19H21N5O3. The molecule has 8 nitrogen and oxygen atoms in total. The van der Waals surface area contributed by atoms with E-state index in [4.69, 9.17) is 10.00 Å². The molecule has 0 aliphatic carbocycles. The minimum atomic E-state index is -0.565. The van der Waals surface area contributed by atoms with Crippen LogP contribution in [0.15, 0.2) is 24.3 Å². The quantitative estimate of drug-likeness (QED) is 0.848. The van der Waals surface area contributed by atoms with E-state index < -0.39 is 11.7 Å². The molecule has 140 valence electrons. The molecule has 1 aromatic carbocycles. The molecule has 0 atom stereocenters. The Balaban J connectivity index is 1.74. The van der Waals surface area contributed by atoms with Gasteiger partial charge in [-0.25, -0.2) is 4.79 Å². The molecule has 1 aromatic heterocycles. The van der Waals surface area contributed by atoms with Gasteiger partial charge in [-0.05, 0) is 39.3 Å². The second kappa shape index (κ2) is 7.11. The van der Waals surface area contributed by atoms with Gasteiger partial charge in [0.1, 0.15) is 11.7 Å². The van der Waals surface area contributed by atoms with Crippen molar-refractivity contribution in [3.63, 3.8) is 0 Å². The summed E-state index contributed by atoms with van der Waals surface area (Å²) in [6, 6.07) is 8.82.